The second-order valence-electron chi connectivity index (χ2n) is 19.2. The Kier molecular flexibility index (Phi) is 32.4. The van der Waals surface area contributed by atoms with Crippen molar-refractivity contribution in [2.75, 3.05) is 25.1 Å². The van der Waals surface area contributed by atoms with Crippen LogP contribution in [0.4, 0.5) is 0 Å². The SMILES string of the molecule is CSCC[C@H](NC(=O)[C@H](CC(C)C)NC(=O)[C@@H](N)[C@@H](C)O)C(=O)N[C@@H](CC(=O)O)C(=O)N[C@@H](Cc1ccc(O)cc1)C(=O)N[C@@H](CCCCN)C(=O)N[C@@H](CC(=O)O)C(=O)N[C@@H](CC(=O)O)C(=O)N[C@@H](CCC(=O)O)C(=O)NCC(=O)O. The summed E-state index contributed by atoms with van der Waals surface area (Å²) in [7, 11) is 0. The van der Waals surface area contributed by atoms with Gasteiger partial charge in [-0.25, -0.2) is 0 Å². The molecule has 32 nitrogen and oxygen atoms in total. The summed E-state index contributed by atoms with van der Waals surface area (Å²) < 4.78 is 0. The fourth-order valence-corrected chi connectivity index (χ4v) is 7.88. The standard InChI is InChI=1S/C49H75N11O21S/c1-23(2)17-30(60-49(81)40(51)24(3)61)44(76)55-29(14-16-82-4)43(75)58-33(20-37(67)68)47(79)56-31(18-25-8-10-26(62)11-9-25)45(77)53-27(7-5-6-15-50)42(74)57-34(21-38(69)70)48(80)59-32(19-36(65)66)46(78)54-28(12-13-35(63)64)41(73)52-22-39(71)72/h8-11,23-24,27-34,40,61-62H,5-7,12-22,50-51H2,1-4H3,(H,52,73)(H,53,77)(H,54,78)(H,55,76)(H,56,79)(H,57,74)(H,58,75)(H,59,80)(H,60,81)(H,63,64)(H,65,66)(H,67,68)(H,69,70)(H,71,72)/t24-,27+,28+,29+,30+,31+,32+,33+,34+,40+/m1/s1. The van der Waals surface area contributed by atoms with Crippen molar-refractivity contribution in [2.24, 2.45) is 17.4 Å². The molecule has 1 rings (SSSR count). The lowest BCUT2D eigenvalue weighted by atomic mass is 10.0. The monoisotopic (exact) mass is 1190 g/mol. The Labute approximate surface area is 474 Å². The first-order valence-corrected chi connectivity index (χ1v) is 27.0. The molecular formula is C49H75N11O21S. The van der Waals surface area contributed by atoms with Crippen LogP contribution in [-0.4, -0.2) is 204 Å². The minimum absolute atomic E-state index is 0.0444. The second kappa shape index (κ2) is 37.0. The lowest BCUT2D eigenvalue weighted by molar-refractivity contribution is -0.144. The summed E-state index contributed by atoms with van der Waals surface area (Å²) in [5, 5.41) is 87.2. The van der Waals surface area contributed by atoms with Crippen molar-refractivity contribution in [3.63, 3.8) is 0 Å². The molecule has 0 aliphatic carbocycles. The highest BCUT2D eigenvalue weighted by Gasteiger charge is 2.37. The Morgan fingerprint density at radius 3 is 1.28 bits per heavy atom. The van der Waals surface area contributed by atoms with Gasteiger partial charge in [-0.3, -0.25) is 67.1 Å². The van der Waals surface area contributed by atoms with Crippen molar-refractivity contribution in [1.29, 1.82) is 0 Å². The highest BCUT2D eigenvalue weighted by Crippen LogP contribution is 2.14. The molecule has 0 bridgehead atoms. The molecule has 0 radical (unpaired) electrons. The van der Waals surface area contributed by atoms with Gasteiger partial charge < -0.3 is 95.1 Å². The van der Waals surface area contributed by atoms with E-state index >= 15 is 0 Å². The van der Waals surface area contributed by atoms with E-state index in [0.717, 1.165) is 0 Å². The number of unbranched alkanes of at least 4 members (excludes halogenated alkanes) is 1. The molecule has 458 valence electrons. The quantitative estimate of drug-likeness (QED) is 0.0273. The normalized spacial score (nSPS) is 14.6. The van der Waals surface area contributed by atoms with Crippen LogP contribution >= 0.6 is 11.8 Å². The van der Waals surface area contributed by atoms with Crippen molar-refractivity contribution in [3.05, 3.63) is 29.8 Å². The van der Waals surface area contributed by atoms with E-state index in [1.54, 1.807) is 20.1 Å². The van der Waals surface area contributed by atoms with Gasteiger partial charge in [-0.1, -0.05) is 26.0 Å². The number of hydrogen-bond acceptors (Lipinski definition) is 19. The summed E-state index contributed by atoms with van der Waals surface area (Å²) in [5.74, 6) is -18.9. The van der Waals surface area contributed by atoms with Gasteiger partial charge in [0.1, 0.15) is 66.7 Å². The number of phenolic OH excluding ortho intramolecular Hbond substituents is 1. The van der Waals surface area contributed by atoms with Crippen LogP contribution in [0, 0.1) is 5.92 Å². The van der Waals surface area contributed by atoms with Crippen molar-refractivity contribution < 1.29 is 103 Å². The summed E-state index contributed by atoms with van der Waals surface area (Å²) in [6.07, 6.45) is -5.10. The molecule has 0 aliphatic rings. The number of aliphatic hydroxyl groups is 1. The summed E-state index contributed by atoms with van der Waals surface area (Å²) in [6.45, 7) is 3.82. The number of hydrogen-bond donors (Lipinski definition) is 18. The Hall–Kier alpha value is -8.17. The average molecular weight is 1190 g/mol. The molecule has 1 aromatic carbocycles. The second-order valence-corrected chi connectivity index (χ2v) is 20.1. The Morgan fingerprint density at radius 2 is 0.878 bits per heavy atom. The number of carboxylic acid groups (broad SMARTS) is 5. The highest BCUT2D eigenvalue weighted by molar-refractivity contribution is 7.98. The van der Waals surface area contributed by atoms with E-state index in [9.17, 15) is 92.7 Å². The maximum absolute atomic E-state index is 14.4. The number of phenols is 1. The number of carboxylic acids is 5. The zero-order valence-corrected chi connectivity index (χ0v) is 46.3. The summed E-state index contributed by atoms with van der Waals surface area (Å²) >= 11 is 1.26. The van der Waals surface area contributed by atoms with Crippen molar-refractivity contribution in [1.82, 2.24) is 47.9 Å². The maximum atomic E-state index is 14.4. The predicted molar refractivity (Wildman–Crippen MR) is 287 cm³/mol. The first kappa shape index (κ1) is 71.8. The van der Waals surface area contributed by atoms with Crippen LogP contribution < -0.4 is 59.3 Å². The van der Waals surface area contributed by atoms with E-state index in [1.807, 2.05) is 16.0 Å². The number of aliphatic hydroxyl groups excluding tert-OH is 1. The zero-order valence-electron chi connectivity index (χ0n) is 45.5. The first-order valence-electron chi connectivity index (χ1n) is 25.6. The lowest BCUT2D eigenvalue weighted by Gasteiger charge is -2.28. The average Bonchev–Trinajstić information content (AvgIpc) is 3.46. The van der Waals surface area contributed by atoms with E-state index in [2.05, 4.69) is 31.9 Å². The summed E-state index contributed by atoms with van der Waals surface area (Å²) in [5.41, 5.74) is 11.7. The Balaban J connectivity index is 3.69. The molecule has 0 aromatic heterocycles. The molecule has 0 spiro atoms. The number of aromatic hydroxyl groups is 1. The summed E-state index contributed by atoms with van der Waals surface area (Å²) in [6, 6.07) is -10.6. The van der Waals surface area contributed by atoms with Gasteiger partial charge in [-0.2, -0.15) is 11.8 Å². The molecule has 82 heavy (non-hydrogen) atoms. The van der Waals surface area contributed by atoms with Gasteiger partial charge >= 0.3 is 29.8 Å². The number of rotatable bonds is 40. The van der Waals surface area contributed by atoms with Gasteiger partial charge in [0.25, 0.3) is 0 Å². The highest BCUT2D eigenvalue weighted by atomic mass is 32.2. The van der Waals surface area contributed by atoms with Crippen LogP contribution in [0.2, 0.25) is 0 Å². The van der Waals surface area contributed by atoms with Gasteiger partial charge in [0.05, 0.1) is 25.4 Å². The number of nitrogens with one attached hydrogen (secondary N) is 9. The molecule has 0 saturated carbocycles. The third-order valence-electron chi connectivity index (χ3n) is 11.7. The fraction of sp³-hybridized carbons (Fsp3) is 0.592. The maximum Gasteiger partial charge on any atom is 0.322 e. The molecule has 33 heteroatoms. The van der Waals surface area contributed by atoms with E-state index in [1.165, 1.54) is 43.0 Å². The van der Waals surface area contributed by atoms with Gasteiger partial charge in [-0.05, 0) is 87.6 Å². The molecule has 10 atom stereocenters. The number of amides is 9. The van der Waals surface area contributed by atoms with Gasteiger partial charge in [0.2, 0.25) is 53.2 Å². The van der Waals surface area contributed by atoms with Gasteiger partial charge in [0.15, 0.2) is 0 Å². The minimum Gasteiger partial charge on any atom is -0.508 e. The van der Waals surface area contributed by atoms with E-state index in [0.29, 0.717) is 0 Å². The van der Waals surface area contributed by atoms with Crippen LogP contribution in [-0.2, 0) is 73.5 Å². The molecule has 0 fully saturated rings. The lowest BCUT2D eigenvalue weighted by Crippen LogP contribution is -2.61. The van der Waals surface area contributed by atoms with Crippen molar-refractivity contribution >= 4 is 94.8 Å². The number of thioether (sulfide) groups is 1. The number of aliphatic carboxylic acids is 5. The van der Waals surface area contributed by atoms with Crippen LogP contribution in [0.1, 0.15) is 90.5 Å². The van der Waals surface area contributed by atoms with Gasteiger partial charge in [-0.15, -0.1) is 0 Å². The third-order valence-corrected chi connectivity index (χ3v) is 12.4. The van der Waals surface area contributed by atoms with E-state index in [4.69, 9.17) is 21.7 Å². The molecule has 0 saturated heterocycles. The molecular weight excluding hydrogens is 1110 g/mol. The zero-order chi connectivity index (χ0) is 62.4. The molecule has 9 amide bonds. The number of nitrogens with two attached hydrogens (primary N) is 2. The molecule has 20 N–H and O–H groups in total. The molecule has 0 unspecified atom stereocenters. The van der Waals surface area contributed by atoms with Crippen LogP contribution in [0.3, 0.4) is 0 Å². The van der Waals surface area contributed by atoms with Crippen molar-refractivity contribution in [3.8, 4) is 5.75 Å². The third kappa shape index (κ3) is 28.3. The smallest absolute Gasteiger partial charge is 0.322 e. The molecule has 0 heterocycles. The molecule has 1 aromatic rings. The first-order chi connectivity index (χ1) is 38.4. The number of carbonyl (C=O) groups is 14. The van der Waals surface area contributed by atoms with Crippen molar-refractivity contribution in [2.45, 2.75) is 152 Å². The number of benzene rings is 1. The van der Waals surface area contributed by atoms with Crippen LogP contribution in [0.25, 0.3) is 0 Å². The summed E-state index contributed by atoms with van der Waals surface area (Å²) in [4.78, 5) is 181. The largest absolute Gasteiger partial charge is 0.508 e. The number of carbonyl (C=O) groups excluding carboxylic acids is 9. The van der Waals surface area contributed by atoms with Crippen LogP contribution in [0.5, 0.6) is 5.75 Å². The fourth-order valence-electron chi connectivity index (χ4n) is 7.41. The van der Waals surface area contributed by atoms with Crippen LogP contribution in [0.15, 0.2) is 24.3 Å². The van der Waals surface area contributed by atoms with E-state index in [-0.39, 0.29) is 61.6 Å². The predicted octanol–water partition coefficient (Wildman–Crippen LogP) is -5.06. The molecule has 0 aliphatic heterocycles. The van der Waals surface area contributed by atoms with Gasteiger partial charge in [0, 0.05) is 12.8 Å². The van der Waals surface area contributed by atoms with E-state index < -0.39 is 189 Å². The Bertz CT molecular complexity index is 2410. The topological polar surface area (TPSA) is 541 Å². The Morgan fingerprint density at radius 1 is 0.488 bits per heavy atom. The minimum atomic E-state index is -2.16.